The van der Waals surface area contributed by atoms with E-state index >= 15 is 0 Å². The number of hydrogen-bond donors (Lipinski definition) is 3. The van der Waals surface area contributed by atoms with Gasteiger partial charge in [-0.2, -0.15) is 8.42 Å². The molecule has 9 nitrogen and oxygen atoms in total. The summed E-state index contributed by atoms with van der Waals surface area (Å²) < 4.78 is 39.7. The summed E-state index contributed by atoms with van der Waals surface area (Å²) >= 11 is 6.21. The number of aromatic nitrogens is 1. The summed E-state index contributed by atoms with van der Waals surface area (Å²) in [5.74, 6) is -0.468. The number of sulfonamides is 1. The Morgan fingerprint density at radius 1 is 1.05 bits per heavy atom. The molecule has 0 radical (unpaired) electrons. The second-order valence-electron chi connectivity index (χ2n) is 9.14. The van der Waals surface area contributed by atoms with Crippen molar-refractivity contribution in [2.24, 2.45) is 0 Å². The molecular weight excluding hydrogens is 535 g/mol. The highest BCUT2D eigenvalue weighted by Crippen LogP contribution is 2.32. The Morgan fingerprint density at radius 2 is 1.71 bits per heavy atom. The predicted molar refractivity (Wildman–Crippen MR) is 141 cm³/mol. The van der Waals surface area contributed by atoms with E-state index in [9.17, 15) is 22.4 Å². The lowest BCUT2D eigenvalue weighted by molar-refractivity contribution is 0.0713. The smallest absolute Gasteiger partial charge is 0.418 e. The Labute approximate surface area is 224 Å². The van der Waals surface area contributed by atoms with Crippen molar-refractivity contribution in [2.75, 3.05) is 18.4 Å². The summed E-state index contributed by atoms with van der Waals surface area (Å²) in [5, 5.41) is 12.0. The van der Waals surface area contributed by atoms with Crippen LogP contribution in [0.4, 0.5) is 20.6 Å². The van der Waals surface area contributed by atoms with Gasteiger partial charge in [0, 0.05) is 36.1 Å². The largest absolute Gasteiger partial charge is 0.464 e. The highest BCUT2D eigenvalue weighted by atomic mass is 35.5. The number of nitrogens with one attached hydrogen (secondary N) is 2. The van der Waals surface area contributed by atoms with Crippen LogP contribution < -0.4 is 10.0 Å². The van der Waals surface area contributed by atoms with Crippen molar-refractivity contribution >= 4 is 45.0 Å². The second kappa shape index (κ2) is 11.0. The van der Waals surface area contributed by atoms with Crippen LogP contribution in [0, 0.1) is 19.7 Å². The van der Waals surface area contributed by atoms with Gasteiger partial charge in [0.05, 0.1) is 11.3 Å². The minimum absolute atomic E-state index is 0.131. The molecule has 0 unspecified atom stereocenters. The maximum absolute atomic E-state index is 13.6. The lowest BCUT2D eigenvalue weighted by atomic mass is 9.89. The molecule has 2 heterocycles. The van der Waals surface area contributed by atoms with E-state index in [2.05, 4.69) is 10.3 Å². The summed E-state index contributed by atoms with van der Waals surface area (Å²) in [6.45, 7) is 4.50. The number of hydrogen-bond acceptors (Lipinski definition) is 6. The van der Waals surface area contributed by atoms with Gasteiger partial charge in [0.2, 0.25) is 0 Å². The number of benzene rings is 2. The van der Waals surface area contributed by atoms with Gasteiger partial charge in [-0.15, -0.1) is 0 Å². The van der Waals surface area contributed by atoms with E-state index in [1.165, 1.54) is 16.9 Å². The molecule has 2 aromatic carbocycles. The van der Waals surface area contributed by atoms with Gasteiger partial charge in [0.1, 0.15) is 5.82 Å². The van der Waals surface area contributed by atoms with Crippen LogP contribution in [0.1, 0.15) is 45.8 Å². The number of aryl methyl sites for hydroxylation is 2. The Balaban J connectivity index is 1.64. The molecule has 0 spiro atoms. The minimum Gasteiger partial charge on any atom is -0.464 e. The fraction of sp³-hybridized carbons (Fsp3) is 0.269. The first-order valence-corrected chi connectivity index (χ1v) is 13.6. The molecule has 38 heavy (non-hydrogen) atoms. The standard InChI is InChI=1S/C26H26ClFN4O5S/c1-15-12-22(16(2)11-21(15)27)30-23-13-24(38(36,37)31-26(34)35)29-14-20(23)25(33)32-9-7-18(8-10-32)17-3-5-19(28)6-4-17/h3-6,11-14,18,31H,7-10H2,1-2H3,(H,29,30)(H,34,35). The number of piperidine rings is 1. The minimum atomic E-state index is -4.48. The Kier molecular flexibility index (Phi) is 7.89. The van der Waals surface area contributed by atoms with Crippen LogP contribution in [0.25, 0.3) is 0 Å². The van der Waals surface area contributed by atoms with Crippen LogP contribution in [0.15, 0.2) is 53.7 Å². The number of carboxylic acid groups (broad SMARTS) is 1. The second-order valence-corrected chi connectivity index (χ2v) is 11.2. The van der Waals surface area contributed by atoms with Crippen molar-refractivity contribution in [1.82, 2.24) is 14.6 Å². The van der Waals surface area contributed by atoms with Crippen molar-refractivity contribution in [1.29, 1.82) is 0 Å². The first-order valence-electron chi connectivity index (χ1n) is 11.8. The molecule has 1 aliphatic rings. The zero-order valence-corrected chi connectivity index (χ0v) is 22.2. The third-order valence-corrected chi connectivity index (χ3v) is 8.13. The fourth-order valence-electron chi connectivity index (χ4n) is 4.41. The van der Waals surface area contributed by atoms with Crippen molar-refractivity contribution in [3.05, 3.63) is 81.8 Å². The molecule has 3 N–H and O–H groups in total. The Bertz CT molecular complexity index is 1490. The molecule has 0 saturated carbocycles. The van der Waals surface area contributed by atoms with Crippen molar-refractivity contribution in [3.8, 4) is 0 Å². The van der Waals surface area contributed by atoms with Crippen LogP contribution in [0.2, 0.25) is 5.02 Å². The lowest BCUT2D eigenvalue weighted by Crippen LogP contribution is -2.38. The average molecular weight is 561 g/mol. The van der Waals surface area contributed by atoms with E-state index in [0.29, 0.717) is 36.6 Å². The molecule has 1 aromatic heterocycles. The number of pyridine rings is 1. The van der Waals surface area contributed by atoms with E-state index in [0.717, 1.165) is 29.0 Å². The Morgan fingerprint density at radius 3 is 2.34 bits per heavy atom. The van der Waals surface area contributed by atoms with Crippen LogP contribution in [0.5, 0.6) is 0 Å². The van der Waals surface area contributed by atoms with E-state index in [-0.39, 0.29) is 28.9 Å². The molecule has 1 fully saturated rings. The van der Waals surface area contributed by atoms with Gasteiger partial charge in [-0.3, -0.25) is 4.79 Å². The van der Waals surface area contributed by atoms with Crippen LogP contribution >= 0.6 is 11.6 Å². The number of anilines is 2. The van der Waals surface area contributed by atoms with E-state index < -0.39 is 21.1 Å². The number of carbonyl (C=O) groups excluding carboxylic acids is 1. The van der Waals surface area contributed by atoms with Gasteiger partial charge >= 0.3 is 6.09 Å². The highest BCUT2D eigenvalue weighted by Gasteiger charge is 2.28. The molecule has 0 aliphatic carbocycles. The molecule has 12 heteroatoms. The SMILES string of the molecule is Cc1cc(Nc2cc(S(=O)(=O)NC(=O)O)ncc2C(=O)N2CCC(c3ccc(F)cc3)CC2)c(C)cc1Cl. The Hall–Kier alpha value is -3.70. The van der Waals surface area contributed by atoms with E-state index in [1.54, 1.807) is 36.1 Å². The molecule has 3 aromatic rings. The monoisotopic (exact) mass is 560 g/mol. The highest BCUT2D eigenvalue weighted by molar-refractivity contribution is 7.90. The molecule has 0 bridgehead atoms. The fourth-order valence-corrected chi connectivity index (χ4v) is 5.42. The van der Waals surface area contributed by atoms with Gasteiger partial charge < -0.3 is 15.3 Å². The van der Waals surface area contributed by atoms with Crippen LogP contribution in [0.3, 0.4) is 0 Å². The summed E-state index contributed by atoms with van der Waals surface area (Å²) in [5.41, 5.74) is 3.41. The van der Waals surface area contributed by atoms with Gasteiger partial charge in [0.25, 0.3) is 15.9 Å². The van der Waals surface area contributed by atoms with E-state index in [4.69, 9.17) is 16.7 Å². The number of likely N-dealkylation sites (tertiary alicyclic amines) is 1. The van der Waals surface area contributed by atoms with Gasteiger partial charge in [-0.25, -0.2) is 18.9 Å². The quantitative estimate of drug-likeness (QED) is 0.377. The zero-order chi connectivity index (χ0) is 27.6. The summed E-state index contributed by atoms with van der Waals surface area (Å²) in [6, 6.07) is 11.0. The number of halogens is 2. The maximum atomic E-state index is 13.6. The average Bonchev–Trinajstić information content (AvgIpc) is 2.86. The van der Waals surface area contributed by atoms with Crippen molar-refractivity contribution in [3.63, 3.8) is 0 Å². The molecule has 2 amide bonds. The summed E-state index contributed by atoms with van der Waals surface area (Å²) in [6.07, 6.45) is 0.732. The normalized spacial score (nSPS) is 14.3. The molecule has 200 valence electrons. The van der Waals surface area contributed by atoms with Crippen LogP contribution in [-0.4, -0.2) is 48.5 Å². The topological polar surface area (TPSA) is 129 Å². The molecule has 0 atom stereocenters. The zero-order valence-electron chi connectivity index (χ0n) is 20.7. The van der Waals surface area contributed by atoms with E-state index in [1.807, 2.05) is 6.92 Å². The lowest BCUT2D eigenvalue weighted by Gasteiger charge is -2.32. The van der Waals surface area contributed by atoms with Crippen LogP contribution in [-0.2, 0) is 10.0 Å². The third kappa shape index (κ3) is 6.05. The number of rotatable bonds is 6. The first-order chi connectivity index (χ1) is 17.9. The van der Waals surface area contributed by atoms with Gasteiger partial charge in [-0.1, -0.05) is 23.7 Å². The summed E-state index contributed by atoms with van der Waals surface area (Å²) in [7, 11) is -4.48. The predicted octanol–water partition coefficient (Wildman–Crippen LogP) is 5.21. The first kappa shape index (κ1) is 27.3. The molecule has 1 aliphatic heterocycles. The van der Waals surface area contributed by atoms with Crippen molar-refractivity contribution < 1.29 is 27.5 Å². The van der Waals surface area contributed by atoms with Gasteiger partial charge in [0.15, 0.2) is 5.03 Å². The number of nitrogens with zero attached hydrogens (tertiary/aromatic N) is 2. The third-order valence-electron chi connectivity index (χ3n) is 6.50. The molecular formula is C26H26ClFN4O5S. The maximum Gasteiger partial charge on any atom is 0.418 e. The summed E-state index contributed by atoms with van der Waals surface area (Å²) in [4.78, 5) is 30.1. The molecule has 1 saturated heterocycles. The van der Waals surface area contributed by atoms with Crippen molar-refractivity contribution in [2.45, 2.75) is 37.6 Å². The molecule has 4 rings (SSSR count). The number of carbonyl (C=O) groups is 2. The van der Waals surface area contributed by atoms with Gasteiger partial charge in [-0.05, 0) is 73.6 Å². The number of amides is 2.